The van der Waals surface area contributed by atoms with Gasteiger partial charge in [0, 0.05) is 13.1 Å². The number of nitrogens with zero attached hydrogens (tertiary/aromatic N) is 1. The van der Waals surface area contributed by atoms with E-state index in [0.717, 1.165) is 0 Å². The van der Waals surface area contributed by atoms with Gasteiger partial charge < -0.3 is 24.7 Å². The second-order valence-corrected chi connectivity index (χ2v) is 8.22. The summed E-state index contributed by atoms with van der Waals surface area (Å²) in [6.07, 6.45) is 0.612. The summed E-state index contributed by atoms with van der Waals surface area (Å²) in [5.74, 6) is 0. The van der Waals surface area contributed by atoms with Gasteiger partial charge in [-0.25, -0.2) is 0 Å². The maximum Gasteiger partial charge on any atom is 0.342 e. The lowest BCUT2D eigenvalue weighted by atomic mass is 10.1. The number of aliphatic hydroxyl groups is 1. The zero-order chi connectivity index (χ0) is 13.3. The number of β-amino-alcohol motifs (C(OH)–C–C–N with tert-alkyl or cyclic N) is 1. The van der Waals surface area contributed by atoms with Crippen molar-refractivity contribution in [1.82, 2.24) is 4.90 Å². The summed E-state index contributed by atoms with van der Waals surface area (Å²) in [6, 6.07) is 0. The highest BCUT2D eigenvalue weighted by Gasteiger charge is 2.44. The Morgan fingerprint density at radius 3 is 2.12 bits per heavy atom. The largest absolute Gasteiger partial charge is 0.392 e. The summed E-state index contributed by atoms with van der Waals surface area (Å²) in [5, 5.41) is 7.35. The summed E-state index contributed by atoms with van der Waals surface area (Å²) < 4.78 is 22.1. The highest BCUT2D eigenvalue weighted by atomic mass is 31.2. The van der Waals surface area contributed by atoms with E-state index < -0.39 is 33.2 Å². The lowest BCUT2D eigenvalue weighted by Gasteiger charge is -2.33. The highest BCUT2D eigenvalue weighted by molar-refractivity contribution is 7.70. The molecule has 0 aromatic carbocycles. The van der Waals surface area contributed by atoms with E-state index in [9.17, 15) is 14.2 Å². The predicted octanol–water partition coefficient (Wildman–Crippen LogP) is -0.875. The molecule has 1 aliphatic rings. The van der Waals surface area contributed by atoms with Gasteiger partial charge in [0.1, 0.15) is 0 Å². The topological polar surface area (TPSA) is 139 Å². The molecule has 0 aliphatic carbocycles. The van der Waals surface area contributed by atoms with Crippen LogP contribution in [-0.2, 0) is 9.13 Å². The molecule has 0 aromatic heterocycles. The Morgan fingerprint density at radius 1 is 1.18 bits per heavy atom. The van der Waals surface area contributed by atoms with E-state index in [-0.39, 0.29) is 6.54 Å². The van der Waals surface area contributed by atoms with Crippen LogP contribution < -0.4 is 0 Å². The lowest BCUT2D eigenvalue weighted by molar-refractivity contribution is 0.0711. The van der Waals surface area contributed by atoms with Gasteiger partial charge >= 0.3 is 15.2 Å². The van der Waals surface area contributed by atoms with Crippen molar-refractivity contribution in [3.63, 3.8) is 0 Å². The molecule has 102 valence electrons. The summed E-state index contributed by atoms with van der Waals surface area (Å²) in [5.41, 5.74) is 0. The molecule has 0 bridgehead atoms. The Balaban J connectivity index is 2.74. The minimum absolute atomic E-state index is 0.177. The molecule has 1 unspecified atom stereocenters. The molecule has 8 nitrogen and oxygen atoms in total. The summed E-state index contributed by atoms with van der Waals surface area (Å²) in [7, 11) is -9.74. The van der Waals surface area contributed by atoms with Crippen molar-refractivity contribution in [2.75, 3.05) is 19.6 Å². The van der Waals surface area contributed by atoms with Crippen LogP contribution in [0.3, 0.4) is 0 Å². The maximum atomic E-state index is 11.0. The number of likely N-dealkylation sites (tertiary alicyclic amines) is 1. The molecule has 1 fully saturated rings. The molecule has 0 spiro atoms. The van der Waals surface area contributed by atoms with Crippen molar-refractivity contribution >= 4 is 15.2 Å². The third kappa shape index (κ3) is 4.77. The van der Waals surface area contributed by atoms with E-state index in [2.05, 4.69) is 0 Å². The molecule has 1 aliphatic heterocycles. The van der Waals surface area contributed by atoms with E-state index in [4.69, 9.17) is 19.6 Å². The molecule has 10 heteroatoms. The van der Waals surface area contributed by atoms with Crippen LogP contribution in [0.1, 0.15) is 12.8 Å². The van der Waals surface area contributed by atoms with Gasteiger partial charge in [0.2, 0.25) is 0 Å². The first-order valence-electron chi connectivity index (χ1n) is 5.11. The highest BCUT2D eigenvalue weighted by Crippen LogP contribution is 2.59. The number of hydrogen-bond donors (Lipinski definition) is 5. The monoisotopic (exact) mass is 289 g/mol. The first-order valence-corrected chi connectivity index (χ1v) is 8.48. The van der Waals surface area contributed by atoms with Crippen molar-refractivity contribution < 1.29 is 33.8 Å². The van der Waals surface area contributed by atoms with E-state index in [1.165, 1.54) is 4.90 Å². The van der Waals surface area contributed by atoms with Gasteiger partial charge in [0.25, 0.3) is 0 Å². The van der Waals surface area contributed by atoms with Gasteiger partial charge in [0.15, 0.2) is 5.40 Å². The predicted molar refractivity (Wildman–Crippen MR) is 59.6 cm³/mol. The molecule has 17 heavy (non-hydrogen) atoms. The molecule has 5 N–H and O–H groups in total. The molecule has 0 radical (unpaired) electrons. The van der Waals surface area contributed by atoms with Crippen LogP contribution in [0, 0.1) is 0 Å². The third-order valence-electron chi connectivity index (χ3n) is 2.68. The van der Waals surface area contributed by atoms with E-state index in [1.807, 2.05) is 0 Å². The van der Waals surface area contributed by atoms with Crippen LogP contribution in [0.25, 0.3) is 0 Å². The van der Waals surface area contributed by atoms with Gasteiger partial charge in [-0.2, -0.15) is 0 Å². The average Bonchev–Trinajstić information content (AvgIpc) is 2.10. The van der Waals surface area contributed by atoms with E-state index in [0.29, 0.717) is 19.4 Å². The fourth-order valence-corrected chi connectivity index (χ4v) is 4.29. The van der Waals surface area contributed by atoms with Gasteiger partial charge in [-0.1, -0.05) is 0 Å². The number of aliphatic hydroxyl groups excluding tert-OH is 1. The Hall–Kier alpha value is 0.220. The zero-order valence-corrected chi connectivity index (χ0v) is 10.9. The van der Waals surface area contributed by atoms with E-state index >= 15 is 0 Å². The Morgan fingerprint density at radius 2 is 1.71 bits per heavy atom. The molecule has 1 saturated heterocycles. The van der Waals surface area contributed by atoms with E-state index in [1.54, 1.807) is 0 Å². The number of hydrogen-bond acceptors (Lipinski definition) is 4. The normalized spacial score (nSPS) is 24.2. The van der Waals surface area contributed by atoms with Crippen molar-refractivity contribution in [1.29, 1.82) is 0 Å². The van der Waals surface area contributed by atoms with Crippen molar-refractivity contribution in [2.24, 2.45) is 0 Å². The zero-order valence-electron chi connectivity index (χ0n) is 9.08. The van der Waals surface area contributed by atoms with Gasteiger partial charge in [-0.15, -0.1) is 0 Å². The lowest BCUT2D eigenvalue weighted by Crippen LogP contribution is -2.42. The Kier molecular flexibility index (Phi) is 4.91. The second-order valence-electron chi connectivity index (χ2n) is 4.21. The first-order chi connectivity index (χ1) is 7.60. The minimum Gasteiger partial charge on any atom is -0.392 e. The number of piperidine rings is 1. The molecule has 0 amide bonds. The van der Waals surface area contributed by atoms with Crippen molar-refractivity contribution in [2.45, 2.75) is 24.3 Å². The van der Waals surface area contributed by atoms with Crippen LogP contribution in [0.2, 0.25) is 0 Å². The summed E-state index contributed by atoms with van der Waals surface area (Å²) in [6.45, 7) is 0.232. The van der Waals surface area contributed by atoms with Gasteiger partial charge in [0.05, 0.1) is 6.10 Å². The Labute approximate surface area is 98.6 Å². The average molecular weight is 289 g/mol. The van der Waals surface area contributed by atoms with Crippen LogP contribution in [-0.4, -0.2) is 60.7 Å². The summed E-state index contributed by atoms with van der Waals surface area (Å²) >= 11 is 0. The molecule has 0 saturated carbocycles. The van der Waals surface area contributed by atoms with Crippen LogP contribution in [0.15, 0.2) is 0 Å². The second kappa shape index (κ2) is 5.47. The first kappa shape index (κ1) is 15.3. The maximum absolute atomic E-state index is 11.0. The SMILES string of the molecule is O=P(O)(O)C(CN1CCCC(O)C1)P(=O)(O)O. The molecule has 0 aromatic rings. The smallest absolute Gasteiger partial charge is 0.342 e. The fourth-order valence-electron chi connectivity index (χ4n) is 1.84. The fraction of sp³-hybridized carbons (Fsp3) is 1.00. The van der Waals surface area contributed by atoms with Gasteiger partial charge in [-0.05, 0) is 19.4 Å². The molecule has 1 atom stereocenters. The van der Waals surface area contributed by atoms with Gasteiger partial charge in [-0.3, -0.25) is 14.0 Å². The molecule has 1 rings (SSSR count). The molecular formula is C7H17NO7P2. The van der Waals surface area contributed by atoms with Crippen molar-refractivity contribution in [3.8, 4) is 0 Å². The van der Waals surface area contributed by atoms with Crippen LogP contribution >= 0.6 is 15.2 Å². The van der Waals surface area contributed by atoms with Crippen LogP contribution in [0.5, 0.6) is 0 Å². The van der Waals surface area contributed by atoms with Crippen molar-refractivity contribution in [3.05, 3.63) is 0 Å². The third-order valence-corrected chi connectivity index (χ3v) is 6.36. The quantitative estimate of drug-likeness (QED) is 0.421. The molecule has 1 heterocycles. The summed E-state index contributed by atoms with van der Waals surface area (Å²) in [4.78, 5) is 37.2. The molecular weight excluding hydrogens is 272 g/mol. The van der Waals surface area contributed by atoms with Crippen LogP contribution in [0.4, 0.5) is 0 Å². The minimum atomic E-state index is -4.87. The standard InChI is InChI=1S/C7H17NO7P2/c9-6-2-1-3-8(4-6)5-7(16(10,11)12)17(13,14)15/h6-7,9H,1-5H2,(H2,10,11,12)(H2,13,14,15). The number of rotatable bonds is 4. The Bertz CT molecular complexity index is 328.